The second kappa shape index (κ2) is 7.57. The molecule has 0 bridgehead atoms. The summed E-state index contributed by atoms with van der Waals surface area (Å²) in [6.07, 6.45) is 3.52. The number of amides is 1. The van der Waals surface area contributed by atoms with Gasteiger partial charge in [-0.05, 0) is 37.8 Å². The number of aromatic nitrogens is 2. The Morgan fingerprint density at radius 2 is 2.21 bits per heavy atom. The highest BCUT2D eigenvalue weighted by atomic mass is 32.2. The van der Waals surface area contributed by atoms with Crippen molar-refractivity contribution in [2.24, 2.45) is 0 Å². The van der Waals surface area contributed by atoms with Crippen molar-refractivity contribution in [3.05, 3.63) is 26.6 Å². The van der Waals surface area contributed by atoms with Crippen LogP contribution in [0.3, 0.4) is 0 Å². The van der Waals surface area contributed by atoms with Crippen LogP contribution in [0.25, 0.3) is 10.2 Å². The molecule has 4 rings (SSSR count). The number of thiophene rings is 1. The molecule has 0 saturated carbocycles. The molecule has 1 aliphatic heterocycles. The van der Waals surface area contributed by atoms with Crippen LogP contribution in [0, 0.1) is 0 Å². The highest BCUT2D eigenvalue weighted by molar-refractivity contribution is 7.91. The van der Waals surface area contributed by atoms with Crippen LogP contribution in [0.2, 0.25) is 0 Å². The van der Waals surface area contributed by atoms with Crippen LogP contribution in [0.1, 0.15) is 36.0 Å². The zero-order valence-corrected chi connectivity index (χ0v) is 17.4. The SMILES string of the molecule is CCN(CC(=O)N[C@@H]1CCS(=O)(=O)C1)Cc1nc2sc3c(c2c(=O)[nH]1)CCC3. The van der Waals surface area contributed by atoms with Gasteiger partial charge in [0.2, 0.25) is 5.91 Å². The molecule has 28 heavy (non-hydrogen) atoms. The lowest BCUT2D eigenvalue weighted by Gasteiger charge is -2.20. The summed E-state index contributed by atoms with van der Waals surface area (Å²) in [5.41, 5.74) is 1.05. The van der Waals surface area contributed by atoms with Gasteiger partial charge in [-0.3, -0.25) is 14.5 Å². The number of aromatic amines is 1. The zero-order chi connectivity index (χ0) is 19.9. The minimum atomic E-state index is -3.03. The average Bonchev–Trinajstić information content (AvgIpc) is 3.28. The van der Waals surface area contributed by atoms with E-state index in [4.69, 9.17) is 0 Å². The smallest absolute Gasteiger partial charge is 0.259 e. The van der Waals surface area contributed by atoms with E-state index in [1.165, 1.54) is 4.88 Å². The number of nitrogens with one attached hydrogen (secondary N) is 2. The van der Waals surface area contributed by atoms with Crippen molar-refractivity contribution in [2.45, 2.75) is 45.2 Å². The van der Waals surface area contributed by atoms with Crippen LogP contribution in [0.5, 0.6) is 0 Å². The zero-order valence-electron chi connectivity index (χ0n) is 15.8. The number of hydrogen-bond donors (Lipinski definition) is 2. The van der Waals surface area contributed by atoms with Gasteiger partial charge in [-0.1, -0.05) is 6.92 Å². The minimum Gasteiger partial charge on any atom is -0.351 e. The van der Waals surface area contributed by atoms with E-state index in [2.05, 4.69) is 15.3 Å². The maximum atomic E-state index is 12.6. The van der Waals surface area contributed by atoms with Gasteiger partial charge < -0.3 is 10.3 Å². The molecule has 2 aromatic rings. The van der Waals surface area contributed by atoms with Gasteiger partial charge in [0.15, 0.2) is 9.84 Å². The van der Waals surface area contributed by atoms with Crippen LogP contribution >= 0.6 is 11.3 Å². The first kappa shape index (κ1) is 19.5. The van der Waals surface area contributed by atoms with E-state index in [0.29, 0.717) is 25.3 Å². The molecule has 0 spiro atoms. The largest absolute Gasteiger partial charge is 0.351 e. The summed E-state index contributed by atoms with van der Waals surface area (Å²) in [7, 11) is -3.03. The summed E-state index contributed by atoms with van der Waals surface area (Å²) < 4.78 is 23.1. The molecule has 1 fully saturated rings. The van der Waals surface area contributed by atoms with E-state index < -0.39 is 9.84 Å². The number of carbonyl (C=O) groups is 1. The number of fused-ring (bicyclic) bond motifs is 3. The molecule has 3 heterocycles. The van der Waals surface area contributed by atoms with Crippen molar-refractivity contribution in [1.82, 2.24) is 20.2 Å². The number of carbonyl (C=O) groups excluding carboxylic acids is 1. The summed E-state index contributed by atoms with van der Waals surface area (Å²) in [6, 6.07) is -0.306. The van der Waals surface area contributed by atoms with Gasteiger partial charge in [0, 0.05) is 10.9 Å². The maximum Gasteiger partial charge on any atom is 0.259 e. The second-order valence-corrected chi connectivity index (χ2v) is 10.8. The normalized spacial score (nSPS) is 20.7. The third-order valence-corrected chi connectivity index (χ3v) is 8.36. The summed E-state index contributed by atoms with van der Waals surface area (Å²) in [5.74, 6) is 0.489. The third kappa shape index (κ3) is 3.99. The average molecular weight is 425 g/mol. The van der Waals surface area contributed by atoms with E-state index in [9.17, 15) is 18.0 Å². The Labute approximate surface area is 167 Å². The second-order valence-electron chi connectivity index (χ2n) is 7.52. The van der Waals surface area contributed by atoms with Crippen molar-refractivity contribution in [3.8, 4) is 0 Å². The first-order chi connectivity index (χ1) is 13.3. The monoisotopic (exact) mass is 424 g/mol. The molecule has 2 aliphatic rings. The Morgan fingerprint density at radius 1 is 1.39 bits per heavy atom. The molecule has 10 heteroatoms. The number of nitrogens with zero attached hydrogens (tertiary/aromatic N) is 2. The van der Waals surface area contributed by atoms with Crippen molar-refractivity contribution in [1.29, 1.82) is 0 Å². The third-order valence-electron chi connectivity index (χ3n) is 5.41. The molecule has 152 valence electrons. The quantitative estimate of drug-likeness (QED) is 0.702. The topological polar surface area (TPSA) is 112 Å². The molecule has 0 unspecified atom stereocenters. The molecule has 1 amide bonds. The van der Waals surface area contributed by atoms with Gasteiger partial charge in [-0.25, -0.2) is 13.4 Å². The number of H-pyrrole nitrogens is 1. The fourth-order valence-corrected chi connectivity index (χ4v) is 6.95. The van der Waals surface area contributed by atoms with Gasteiger partial charge in [0.05, 0.1) is 30.0 Å². The lowest BCUT2D eigenvalue weighted by atomic mass is 10.2. The Kier molecular flexibility index (Phi) is 5.28. The molecule has 1 saturated heterocycles. The number of sulfone groups is 1. The van der Waals surface area contributed by atoms with Crippen molar-refractivity contribution >= 4 is 37.3 Å². The van der Waals surface area contributed by atoms with Crippen LogP contribution < -0.4 is 10.9 Å². The van der Waals surface area contributed by atoms with Gasteiger partial charge in [-0.15, -0.1) is 11.3 Å². The molecule has 1 atom stereocenters. The Morgan fingerprint density at radius 3 is 2.93 bits per heavy atom. The summed E-state index contributed by atoms with van der Waals surface area (Å²) in [4.78, 5) is 36.3. The van der Waals surface area contributed by atoms with Crippen LogP contribution in [-0.2, 0) is 34.0 Å². The van der Waals surface area contributed by atoms with E-state index in [1.54, 1.807) is 11.3 Å². The molecular weight excluding hydrogens is 400 g/mol. The predicted octanol–water partition coefficient (Wildman–Crippen LogP) is 0.599. The minimum absolute atomic E-state index is 0.0133. The number of hydrogen-bond acceptors (Lipinski definition) is 7. The summed E-state index contributed by atoms with van der Waals surface area (Å²) >= 11 is 1.60. The molecule has 0 radical (unpaired) electrons. The maximum absolute atomic E-state index is 12.6. The molecule has 8 nitrogen and oxygen atoms in total. The summed E-state index contributed by atoms with van der Waals surface area (Å²) in [6.45, 7) is 3.04. The molecule has 2 N–H and O–H groups in total. The van der Waals surface area contributed by atoms with E-state index in [1.807, 2.05) is 11.8 Å². The highest BCUT2D eigenvalue weighted by Gasteiger charge is 2.29. The number of likely N-dealkylation sites (N-methyl/N-ethyl adjacent to an activating group) is 1. The van der Waals surface area contributed by atoms with Crippen LogP contribution in [0.15, 0.2) is 4.79 Å². The van der Waals surface area contributed by atoms with Crippen LogP contribution in [0.4, 0.5) is 0 Å². The number of aryl methyl sites for hydroxylation is 2. The van der Waals surface area contributed by atoms with Crippen molar-refractivity contribution in [2.75, 3.05) is 24.6 Å². The summed E-state index contributed by atoms with van der Waals surface area (Å²) in [5, 5.41) is 3.53. The Bertz CT molecular complexity index is 1070. The standard InChI is InChI=1S/C18H24N4O4S2/c1-2-22(9-15(23)19-11-6-7-28(25,26)10-11)8-14-20-17(24)16-12-4-3-5-13(12)27-18(16)21-14/h11H,2-10H2,1H3,(H,19,23)(H,20,21,24)/t11-/m1/s1. The number of rotatable bonds is 6. The van der Waals surface area contributed by atoms with Crippen molar-refractivity contribution < 1.29 is 13.2 Å². The van der Waals surface area contributed by atoms with Crippen LogP contribution in [-0.4, -0.2) is 59.8 Å². The van der Waals surface area contributed by atoms with Crippen molar-refractivity contribution in [3.63, 3.8) is 0 Å². The molecule has 1 aliphatic carbocycles. The van der Waals surface area contributed by atoms with Gasteiger partial charge in [0.1, 0.15) is 10.7 Å². The van der Waals surface area contributed by atoms with E-state index in [-0.39, 0.29) is 35.6 Å². The fourth-order valence-electron chi connectivity index (χ4n) is 4.00. The Hall–Kier alpha value is -1.78. The molecular formula is C18H24N4O4S2. The van der Waals surface area contributed by atoms with Gasteiger partial charge >= 0.3 is 0 Å². The lowest BCUT2D eigenvalue weighted by molar-refractivity contribution is -0.122. The molecule has 2 aromatic heterocycles. The Balaban J connectivity index is 1.43. The first-order valence-electron chi connectivity index (χ1n) is 9.60. The van der Waals surface area contributed by atoms with E-state index >= 15 is 0 Å². The van der Waals surface area contributed by atoms with Gasteiger partial charge in [0.25, 0.3) is 5.56 Å². The van der Waals surface area contributed by atoms with E-state index in [0.717, 1.165) is 35.0 Å². The molecule has 0 aromatic carbocycles. The highest BCUT2D eigenvalue weighted by Crippen LogP contribution is 2.34. The van der Waals surface area contributed by atoms with Gasteiger partial charge in [-0.2, -0.15) is 0 Å². The predicted molar refractivity (Wildman–Crippen MR) is 108 cm³/mol. The lowest BCUT2D eigenvalue weighted by Crippen LogP contribution is -2.42. The fraction of sp³-hybridized carbons (Fsp3) is 0.611. The first-order valence-corrected chi connectivity index (χ1v) is 12.2.